The number of imide groups is 1. The fourth-order valence-corrected chi connectivity index (χ4v) is 3.88. The van der Waals surface area contributed by atoms with E-state index in [-0.39, 0.29) is 11.3 Å². The number of aromatic nitrogens is 3. The zero-order valence-electron chi connectivity index (χ0n) is 17.9. The number of benzene rings is 2. The van der Waals surface area contributed by atoms with Crippen LogP contribution in [0.4, 0.5) is 14.9 Å². The van der Waals surface area contributed by atoms with Gasteiger partial charge in [0, 0.05) is 18.1 Å². The van der Waals surface area contributed by atoms with Crippen LogP contribution in [0.25, 0.3) is 11.5 Å². The van der Waals surface area contributed by atoms with Gasteiger partial charge < -0.3 is 15.2 Å². The molecule has 4 amide bonds. The monoisotopic (exact) mass is 458 g/mol. The molecule has 10 heteroatoms. The number of halogens is 1. The highest BCUT2D eigenvalue weighted by atomic mass is 19.1. The Morgan fingerprint density at radius 1 is 1.06 bits per heavy atom. The number of amides is 4. The van der Waals surface area contributed by atoms with Crippen molar-refractivity contribution in [2.45, 2.75) is 12.5 Å². The summed E-state index contributed by atoms with van der Waals surface area (Å²) in [7, 11) is 0. The molecule has 1 fully saturated rings. The zero-order valence-corrected chi connectivity index (χ0v) is 17.9. The Morgan fingerprint density at radius 2 is 1.82 bits per heavy atom. The molecular formula is C24H19FN6O3. The Balaban J connectivity index is 1.51. The van der Waals surface area contributed by atoms with Gasteiger partial charge in [-0.05, 0) is 48.9 Å². The molecule has 1 aliphatic rings. The number of para-hydroxylation sites is 1. The van der Waals surface area contributed by atoms with Crippen molar-refractivity contribution < 1.29 is 18.8 Å². The summed E-state index contributed by atoms with van der Waals surface area (Å²) in [6.07, 6.45) is 4.83. The van der Waals surface area contributed by atoms with Crippen LogP contribution in [0.2, 0.25) is 0 Å². The molecule has 34 heavy (non-hydrogen) atoms. The summed E-state index contributed by atoms with van der Waals surface area (Å²) < 4.78 is 17.5. The predicted octanol–water partition coefficient (Wildman–Crippen LogP) is 3.11. The Hall–Kier alpha value is -4.73. The third kappa shape index (κ3) is 3.51. The maximum Gasteiger partial charge on any atom is 0.322 e. The number of nitrogens with one attached hydrogen (secondary N) is 3. The van der Waals surface area contributed by atoms with Crippen LogP contribution in [0.1, 0.15) is 22.8 Å². The van der Waals surface area contributed by atoms with Gasteiger partial charge in [-0.1, -0.05) is 24.3 Å². The quantitative estimate of drug-likeness (QED) is 0.399. The minimum atomic E-state index is -1.26. The van der Waals surface area contributed by atoms with Gasteiger partial charge in [-0.25, -0.2) is 13.9 Å². The summed E-state index contributed by atoms with van der Waals surface area (Å²) >= 11 is 0. The first-order valence-corrected chi connectivity index (χ1v) is 10.4. The Morgan fingerprint density at radius 3 is 2.53 bits per heavy atom. The number of nitrogens with zero attached hydrogens (tertiary/aromatic N) is 3. The second-order valence-corrected chi connectivity index (χ2v) is 7.90. The molecule has 1 unspecified atom stereocenters. The lowest BCUT2D eigenvalue weighted by molar-refractivity contribution is -0.123. The normalized spacial score (nSPS) is 17.4. The summed E-state index contributed by atoms with van der Waals surface area (Å²) in [5.74, 6) is -1.09. The van der Waals surface area contributed by atoms with Crippen molar-refractivity contribution in [1.82, 2.24) is 25.0 Å². The number of anilines is 1. The van der Waals surface area contributed by atoms with Crippen molar-refractivity contribution in [2.24, 2.45) is 0 Å². The fraction of sp³-hybridized carbons (Fsp3) is 0.0833. The van der Waals surface area contributed by atoms with E-state index in [1.165, 1.54) is 16.9 Å². The molecule has 0 spiro atoms. The molecule has 1 saturated heterocycles. The van der Waals surface area contributed by atoms with E-state index in [4.69, 9.17) is 0 Å². The lowest BCUT2D eigenvalue weighted by Gasteiger charge is -2.21. The number of hydrogen-bond acceptors (Lipinski definition) is 4. The predicted molar refractivity (Wildman–Crippen MR) is 121 cm³/mol. The first-order valence-electron chi connectivity index (χ1n) is 10.4. The summed E-state index contributed by atoms with van der Waals surface area (Å²) in [4.78, 5) is 37.2. The Kier molecular flexibility index (Phi) is 4.97. The van der Waals surface area contributed by atoms with E-state index in [9.17, 15) is 18.8 Å². The molecule has 0 radical (unpaired) electrons. The minimum Gasteiger partial charge on any atom is -0.322 e. The van der Waals surface area contributed by atoms with Crippen molar-refractivity contribution in [1.29, 1.82) is 0 Å². The molecule has 3 heterocycles. The molecule has 9 nitrogen and oxygen atoms in total. The third-order valence-corrected chi connectivity index (χ3v) is 5.66. The van der Waals surface area contributed by atoms with Gasteiger partial charge >= 0.3 is 6.03 Å². The summed E-state index contributed by atoms with van der Waals surface area (Å²) in [5.41, 5.74) is 0.0614. The van der Waals surface area contributed by atoms with Crippen molar-refractivity contribution in [3.05, 3.63) is 96.2 Å². The van der Waals surface area contributed by atoms with Crippen LogP contribution in [0.3, 0.4) is 0 Å². The van der Waals surface area contributed by atoms with Gasteiger partial charge in [-0.15, -0.1) is 0 Å². The fourth-order valence-electron chi connectivity index (χ4n) is 3.88. The molecule has 0 bridgehead atoms. The van der Waals surface area contributed by atoms with E-state index in [0.717, 1.165) is 0 Å². The molecule has 1 aliphatic heterocycles. The molecule has 0 saturated carbocycles. The molecule has 170 valence electrons. The smallest absolute Gasteiger partial charge is 0.322 e. The van der Waals surface area contributed by atoms with E-state index in [1.54, 1.807) is 78.5 Å². The van der Waals surface area contributed by atoms with Crippen LogP contribution in [-0.2, 0) is 10.3 Å². The second kappa shape index (κ2) is 8.00. The van der Waals surface area contributed by atoms with E-state index < -0.39 is 29.2 Å². The van der Waals surface area contributed by atoms with Gasteiger partial charge in [-0.2, -0.15) is 5.10 Å². The molecule has 4 aromatic rings. The van der Waals surface area contributed by atoms with Crippen LogP contribution in [0.5, 0.6) is 0 Å². The van der Waals surface area contributed by atoms with E-state index in [1.807, 2.05) is 0 Å². The van der Waals surface area contributed by atoms with Crippen LogP contribution in [0, 0.1) is 5.82 Å². The maximum absolute atomic E-state index is 14.5. The first kappa shape index (κ1) is 21.1. The van der Waals surface area contributed by atoms with Crippen LogP contribution in [0.15, 0.2) is 79.3 Å². The molecule has 2 aromatic heterocycles. The van der Waals surface area contributed by atoms with Crippen molar-refractivity contribution in [3.63, 3.8) is 0 Å². The highest BCUT2D eigenvalue weighted by Crippen LogP contribution is 2.27. The van der Waals surface area contributed by atoms with Gasteiger partial charge in [0.1, 0.15) is 22.6 Å². The second-order valence-electron chi connectivity index (χ2n) is 7.90. The van der Waals surface area contributed by atoms with E-state index in [0.29, 0.717) is 17.1 Å². The molecular weight excluding hydrogens is 439 g/mol. The number of rotatable bonds is 5. The molecule has 2 aromatic carbocycles. The van der Waals surface area contributed by atoms with Gasteiger partial charge in [0.15, 0.2) is 5.82 Å². The average molecular weight is 458 g/mol. The van der Waals surface area contributed by atoms with Crippen molar-refractivity contribution in [2.75, 3.05) is 5.32 Å². The molecule has 1 atom stereocenters. The molecule has 3 N–H and O–H groups in total. The summed E-state index contributed by atoms with van der Waals surface area (Å²) in [6, 6.07) is 15.8. The van der Waals surface area contributed by atoms with Gasteiger partial charge in [0.25, 0.3) is 11.8 Å². The van der Waals surface area contributed by atoms with Crippen LogP contribution in [-0.4, -0.2) is 32.2 Å². The molecule has 5 rings (SSSR count). The van der Waals surface area contributed by atoms with Crippen LogP contribution < -0.4 is 16.0 Å². The highest BCUT2D eigenvalue weighted by Gasteiger charge is 2.43. The van der Waals surface area contributed by atoms with Gasteiger partial charge in [0.2, 0.25) is 0 Å². The average Bonchev–Trinajstić information content (AvgIpc) is 3.54. The highest BCUT2D eigenvalue weighted by molar-refractivity contribution is 6.08. The largest absolute Gasteiger partial charge is 0.322 e. The zero-order chi connectivity index (χ0) is 23.9. The van der Waals surface area contributed by atoms with Gasteiger partial charge in [-0.3, -0.25) is 14.9 Å². The standard InChI is InChI=1S/C24H19FN6O3/c1-24(22(33)28-23(34)29-24)15-7-6-8-16(13-15)27-20(32)17-14-26-31(19-10-3-2-9-18(19)25)21(17)30-11-4-5-12-30/h2-14H,1H3,(H,27,32)(H2,28,29,33,34). The first-order chi connectivity index (χ1) is 16.4. The van der Waals surface area contributed by atoms with Crippen molar-refractivity contribution >= 4 is 23.5 Å². The Labute approximate surface area is 193 Å². The third-order valence-electron chi connectivity index (χ3n) is 5.66. The summed E-state index contributed by atoms with van der Waals surface area (Å²) in [5, 5.41) is 11.9. The molecule has 0 aliphatic carbocycles. The number of hydrogen-bond donors (Lipinski definition) is 3. The lowest BCUT2D eigenvalue weighted by atomic mass is 9.92. The van der Waals surface area contributed by atoms with Crippen LogP contribution >= 0.6 is 0 Å². The minimum absolute atomic E-state index is 0.197. The van der Waals surface area contributed by atoms with E-state index in [2.05, 4.69) is 21.0 Å². The SMILES string of the molecule is CC1(c2cccc(NC(=O)c3cnn(-c4ccccc4F)c3-n3cccc3)c2)NC(=O)NC1=O. The van der Waals surface area contributed by atoms with Crippen molar-refractivity contribution in [3.8, 4) is 11.5 Å². The van der Waals surface area contributed by atoms with E-state index >= 15 is 0 Å². The van der Waals surface area contributed by atoms with Gasteiger partial charge in [0.05, 0.1) is 6.20 Å². The number of urea groups is 1. The maximum atomic E-state index is 14.5. The lowest BCUT2D eigenvalue weighted by Crippen LogP contribution is -2.40. The number of carbonyl (C=O) groups is 3. The number of carbonyl (C=O) groups excluding carboxylic acids is 3. The topological polar surface area (TPSA) is 110 Å². The summed E-state index contributed by atoms with van der Waals surface area (Å²) in [6.45, 7) is 1.58. The Bertz CT molecular complexity index is 1430.